The Hall–Kier alpha value is -1.07. The second kappa shape index (κ2) is 8.17. The minimum Gasteiger partial charge on any atom is -0.492 e. The zero-order chi connectivity index (χ0) is 14.3. The summed E-state index contributed by atoms with van der Waals surface area (Å²) in [6.07, 6.45) is 2.81. The van der Waals surface area contributed by atoms with E-state index in [1.807, 2.05) is 18.2 Å². The van der Waals surface area contributed by atoms with E-state index in [0.717, 1.165) is 28.6 Å². The molecule has 0 aromatic heterocycles. The van der Waals surface area contributed by atoms with Gasteiger partial charge in [-0.2, -0.15) is 0 Å². The SMILES string of the molecule is CCCOc1ccc(C(N)CCCC(N)=O)cc1Br. The average Bonchev–Trinajstić information content (AvgIpc) is 2.36. The highest BCUT2D eigenvalue weighted by Gasteiger charge is 2.09. The van der Waals surface area contributed by atoms with E-state index in [1.54, 1.807) is 0 Å². The zero-order valence-electron chi connectivity index (χ0n) is 11.2. The number of primary amides is 1. The van der Waals surface area contributed by atoms with Crippen LogP contribution in [0.2, 0.25) is 0 Å². The lowest BCUT2D eigenvalue weighted by Gasteiger charge is -2.14. The van der Waals surface area contributed by atoms with Crippen molar-refractivity contribution in [2.24, 2.45) is 11.5 Å². The Morgan fingerprint density at radius 1 is 1.47 bits per heavy atom. The van der Waals surface area contributed by atoms with E-state index in [4.69, 9.17) is 16.2 Å². The van der Waals surface area contributed by atoms with Crippen molar-refractivity contribution in [1.29, 1.82) is 0 Å². The van der Waals surface area contributed by atoms with Gasteiger partial charge in [-0.15, -0.1) is 0 Å². The molecule has 19 heavy (non-hydrogen) atoms. The second-order valence-electron chi connectivity index (χ2n) is 4.50. The van der Waals surface area contributed by atoms with Gasteiger partial charge in [-0.1, -0.05) is 13.0 Å². The summed E-state index contributed by atoms with van der Waals surface area (Å²) >= 11 is 3.48. The van der Waals surface area contributed by atoms with Crippen LogP contribution in [0, 0.1) is 0 Å². The van der Waals surface area contributed by atoms with Gasteiger partial charge in [-0.3, -0.25) is 4.79 Å². The number of hydrogen-bond acceptors (Lipinski definition) is 3. The van der Waals surface area contributed by atoms with Crippen molar-refractivity contribution >= 4 is 21.8 Å². The molecule has 0 saturated heterocycles. The van der Waals surface area contributed by atoms with Gasteiger partial charge in [0.2, 0.25) is 5.91 Å². The monoisotopic (exact) mass is 328 g/mol. The van der Waals surface area contributed by atoms with Crippen LogP contribution >= 0.6 is 15.9 Å². The molecule has 0 radical (unpaired) electrons. The molecule has 1 rings (SSSR count). The van der Waals surface area contributed by atoms with Gasteiger partial charge in [0.05, 0.1) is 11.1 Å². The number of benzene rings is 1. The highest BCUT2D eigenvalue weighted by atomic mass is 79.9. The molecule has 5 heteroatoms. The number of hydrogen-bond donors (Lipinski definition) is 2. The third-order valence-corrected chi connectivity index (χ3v) is 3.40. The van der Waals surface area contributed by atoms with E-state index in [9.17, 15) is 4.79 Å². The van der Waals surface area contributed by atoms with Gasteiger partial charge in [0.25, 0.3) is 0 Å². The van der Waals surface area contributed by atoms with E-state index in [1.165, 1.54) is 0 Å². The first kappa shape index (κ1) is 16.0. The lowest BCUT2D eigenvalue weighted by molar-refractivity contribution is -0.118. The van der Waals surface area contributed by atoms with Crippen molar-refractivity contribution in [2.45, 2.75) is 38.6 Å². The zero-order valence-corrected chi connectivity index (χ0v) is 12.8. The summed E-state index contributed by atoms with van der Waals surface area (Å²) in [4.78, 5) is 10.7. The average molecular weight is 329 g/mol. The number of carbonyl (C=O) groups is 1. The Bertz CT molecular complexity index is 424. The van der Waals surface area contributed by atoms with Crippen LogP contribution in [-0.2, 0) is 4.79 Å². The van der Waals surface area contributed by atoms with Crippen LogP contribution in [0.1, 0.15) is 44.2 Å². The van der Waals surface area contributed by atoms with Gasteiger partial charge in [0.1, 0.15) is 5.75 Å². The van der Waals surface area contributed by atoms with Crippen LogP contribution in [0.3, 0.4) is 0 Å². The Morgan fingerprint density at radius 2 is 2.21 bits per heavy atom. The van der Waals surface area contributed by atoms with Crippen LogP contribution in [0.4, 0.5) is 0 Å². The highest BCUT2D eigenvalue weighted by molar-refractivity contribution is 9.10. The molecule has 1 amide bonds. The van der Waals surface area contributed by atoms with Crippen LogP contribution in [-0.4, -0.2) is 12.5 Å². The molecule has 1 aromatic rings. The summed E-state index contributed by atoms with van der Waals surface area (Å²) < 4.78 is 6.49. The largest absolute Gasteiger partial charge is 0.492 e. The van der Waals surface area contributed by atoms with Crippen molar-refractivity contribution in [1.82, 2.24) is 0 Å². The van der Waals surface area contributed by atoms with E-state index >= 15 is 0 Å². The molecule has 4 N–H and O–H groups in total. The van der Waals surface area contributed by atoms with Gasteiger partial charge in [-0.05, 0) is 52.9 Å². The first-order valence-corrected chi connectivity index (χ1v) is 7.30. The molecule has 0 aliphatic rings. The summed E-state index contributed by atoms with van der Waals surface area (Å²) in [5.41, 5.74) is 12.2. The van der Waals surface area contributed by atoms with Crippen molar-refractivity contribution in [3.63, 3.8) is 0 Å². The quantitative estimate of drug-likeness (QED) is 0.770. The van der Waals surface area contributed by atoms with Gasteiger partial charge >= 0.3 is 0 Å². The Kier molecular flexibility index (Phi) is 6.87. The molecule has 0 saturated carbocycles. The number of ether oxygens (including phenoxy) is 1. The minimum absolute atomic E-state index is 0.0872. The normalized spacial score (nSPS) is 12.2. The molecule has 106 valence electrons. The number of amides is 1. The minimum atomic E-state index is -0.281. The third kappa shape index (κ3) is 5.61. The summed E-state index contributed by atoms with van der Waals surface area (Å²) in [6.45, 7) is 2.76. The molecule has 4 nitrogen and oxygen atoms in total. The molecular formula is C14H21BrN2O2. The molecule has 0 aliphatic heterocycles. The fraction of sp³-hybridized carbons (Fsp3) is 0.500. The molecule has 1 aromatic carbocycles. The first-order chi connectivity index (χ1) is 9.04. The fourth-order valence-corrected chi connectivity index (χ4v) is 2.25. The van der Waals surface area contributed by atoms with Crippen molar-refractivity contribution in [3.8, 4) is 5.75 Å². The molecule has 0 aliphatic carbocycles. The second-order valence-corrected chi connectivity index (χ2v) is 5.36. The Balaban J connectivity index is 2.58. The molecule has 1 atom stereocenters. The molecular weight excluding hydrogens is 308 g/mol. The molecule has 1 unspecified atom stereocenters. The number of carbonyl (C=O) groups excluding carboxylic acids is 1. The lowest BCUT2D eigenvalue weighted by Crippen LogP contribution is -2.14. The van der Waals surface area contributed by atoms with Gasteiger partial charge < -0.3 is 16.2 Å². The molecule has 0 heterocycles. The van der Waals surface area contributed by atoms with Crippen LogP contribution in [0.15, 0.2) is 22.7 Å². The van der Waals surface area contributed by atoms with Crippen LogP contribution < -0.4 is 16.2 Å². The highest BCUT2D eigenvalue weighted by Crippen LogP contribution is 2.29. The number of halogens is 1. The Labute approximate surface area is 122 Å². The smallest absolute Gasteiger partial charge is 0.217 e. The predicted molar refractivity (Wildman–Crippen MR) is 79.9 cm³/mol. The summed E-state index contributed by atoms with van der Waals surface area (Å²) in [5.74, 6) is 0.548. The maximum Gasteiger partial charge on any atom is 0.217 e. The van der Waals surface area contributed by atoms with Crippen molar-refractivity contribution in [3.05, 3.63) is 28.2 Å². The summed E-state index contributed by atoms with van der Waals surface area (Å²) in [7, 11) is 0. The number of rotatable bonds is 8. The molecule has 0 spiro atoms. The number of nitrogens with two attached hydrogens (primary N) is 2. The standard InChI is InChI=1S/C14H21BrN2O2/c1-2-8-19-13-7-6-10(9-11(13)15)12(16)4-3-5-14(17)18/h6-7,9,12H,2-5,8,16H2,1H3,(H2,17,18). The van der Waals surface area contributed by atoms with E-state index in [2.05, 4.69) is 22.9 Å². The van der Waals surface area contributed by atoms with Crippen LogP contribution in [0.25, 0.3) is 0 Å². The van der Waals surface area contributed by atoms with Gasteiger partial charge in [0, 0.05) is 12.5 Å². The van der Waals surface area contributed by atoms with E-state index in [0.29, 0.717) is 19.4 Å². The molecule has 0 bridgehead atoms. The lowest BCUT2D eigenvalue weighted by atomic mass is 10.0. The van der Waals surface area contributed by atoms with E-state index in [-0.39, 0.29) is 11.9 Å². The van der Waals surface area contributed by atoms with Crippen LogP contribution in [0.5, 0.6) is 5.75 Å². The maximum atomic E-state index is 10.7. The topological polar surface area (TPSA) is 78.3 Å². The third-order valence-electron chi connectivity index (χ3n) is 2.78. The summed E-state index contributed by atoms with van der Waals surface area (Å²) in [5, 5.41) is 0. The molecule has 0 fully saturated rings. The van der Waals surface area contributed by atoms with Crippen molar-refractivity contribution in [2.75, 3.05) is 6.61 Å². The summed E-state index contributed by atoms with van der Waals surface area (Å²) in [6, 6.07) is 5.77. The first-order valence-electron chi connectivity index (χ1n) is 6.50. The predicted octanol–water partition coefficient (Wildman–Crippen LogP) is 2.89. The van der Waals surface area contributed by atoms with Gasteiger partial charge in [-0.25, -0.2) is 0 Å². The maximum absolute atomic E-state index is 10.7. The van der Waals surface area contributed by atoms with Gasteiger partial charge in [0.15, 0.2) is 0 Å². The fourth-order valence-electron chi connectivity index (χ4n) is 1.74. The van der Waals surface area contributed by atoms with Crippen molar-refractivity contribution < 1.29 is 9.53 Å². The Morgan fingerprint density at radius 3 is 2.79 bits per heavy atom. The van der Waals surface area contributed by atoms with E-state index < -0.39 is 0 Å².